The molecule has 24 heavy (non-hydrogen) atoms. The number of rotatable bonds is 6. The first-order valence-electron chi connectivity index (χ1n) is 7.76. The first-order valence-corrected chi connectivity index (χ1v) is 8.55. The molecule has 0 unspecified atom stereocenters. The SMILES string of the molecule is O=C(COc1ccc(Br)cc1)N/N=C\c1ccc(N2CCCC2)o1. The Hall–Kier alpha value is -2.28. The molecule has 3 rings (SSSR count). The molecule has 1 aliphatic heterocycles. The summed E-state index contributed by atoms with van der Waals surface area (Å²) >= 11 is 3.34. The molecule has 1 aromatic carbocycles. The van der Waals surface area contributed by atoms with Crippen LogP contribution in [0.15, 0.2) is 50.4 Å². The third-order valence-electron chi connectivity index (χ3n) is 3.59. The number of furan rings is 1. The third kappa shape index (κ3) is 4.61. The molecule has 1 saturated heterocycles. The van der Waals surface area contributed by atoms with E-state index in [0.29, 0.717) is 11.5 Å². The van der Waals surface area contributed by atoms with Gasteiger partial charge in [0.25, 0.3) is 5.91 Å². The van der Waals surface area contributed by atoms with Crippen LogP contribution in [0.5, 0.6) is 5.75 Å². The van der Waals surface area contributed by atoms with Gasteiger partial charge >= 0.3 is 0 Å². The van der Waals surface area contributed by atoms with Crippen LogP contribution >= 0.6 is 15.9 Å². The molecule has 0 spiro atoms. The number of carbonyl (C=O) groups is 1. The van der Waals surface area contributed by atoms with Crippen molar-refractivity contribution < 1.29 is 13.9 Å². The molecular weight excluding hydrogens is 374 g/mol. The van der Waals surface area contributed by atoms with E-state index in [4.69, 9.17) is 9.15 Å². The first kappa shape index (κ1) is 16.6. The zero-order valence-corrected chi connectivity index (χ0v) is 14.7. The normalized spacial score (nSPS) is 14.3. The van der Waals surface area contributed by atoms with Crippen LogP contribution < -0.4 is 15.1 Å². The summed E-state index contributed by atoms with van der Waals surface area (Å²) in [7, 11) is 0. The molecule has 6 nitrogen and oxygen atoms in total. The number of amides is 1. The summed E-state index contributed by atoms with van der Waals surface area (Å²) in [6.45, 7) is 1.94. The number of nitrogens with one attached hydrogen (secondary N) is 1. The molecule has 2 aromatic rings. The van der Waals surface area contributed by atoms with Crippen LogP contribution in [0.1, 0.15) is 18.6 Å². The number of hydrazone groups is 1. The van der Waals surface area contributed by atoms with Crippen molar-refractivity contribution in [2.45, 2.75) is 12.8 Å². The monoisotopic (exact) mass is 391 g/mol. The number of carbonyl (C=O) groups excluding carboxylic acids is 1. The number of hydrogen-bond acceptors (Lipinski definition) is 5. The largest absolute Gasteiger partial charge is 0.484 e. The number of nitrogens with zero attached hydrogens (tertiary/aromatic N) is 2. The Morgan fingerprint density at radius 3 is 2.75 bits per heavy atom. The van der Waals surface area contributed by atoms with E-state index >= 15 is 0 Å². The summed E-state index contributed by atoms with van der Waals surface area (Å²) in [4.78, 5) is 13.9. The maximum atomic E-state index is 11.7. The average molecular weight is 392 g/mol. The summed E-state index contributed by atoms with van der Waals surface area (Å²) in [6, 6.07) is 11.0. The van der Waals surface area contributed by atoms with Gasteiger partial charge in [-0.1, -0.05) is 15.9 Å². The van der Waals surface area contributed by atoms with Gasteiger partial charge < -0.3 is 14.1 Å². The Morgan fingerprint density at radius 1 is 1.25 bits per heavy atom. The number of halogens is 1. The van der Waals surface area contributed by atoms with Crippen LogP contribution in [0.4, 0.5) is 5.88 Å². The molecule has 0 bridgehead atoms. The van der Waals surface area contributed by atoms with Crippen molar-refractivity contribution in [3.63, 3.8) is 0 Å². The zero-order valence-electron chi connectivity index (χ0n) is 13.1. The zero-order chi connectivity index (χ0) is 16.8. The minimum absolute atomic E-state index is 0.101. The second-order valence-corrected chi connectivity index (χ2v) is 6.32. The van der Waals surface area contributed by atoms with Crippen molar-refractivity contribution in [1.82, 2.24) is 5.43 Å². The van der Waals surface area contributed by atoms with E-state index in [1.165, 1.54) is 19.1 Å². The molecule has 1 fully saturated rings. The highest BCUT2D eigenvalue weighted by atomic mass is 79.9. The van der Waals surface area contributed by atoms with Crippen molar-refractivity contribution in [2.24, 2.45) is 5.10 Å². The molecule has 1 aromatic heterocycles. The fraction of sp³-hybridized carbons (Fsp3) is 0.294. The molecule has 0 saturated carbocycles. The van der Waals surface area contributed by atoms with E-state index in [2.05, 4.69) is 31.4 Å². The maximum Gasteiger partial charge on any atom is 0.277 e. The van der Waals surface area contributed by atoms with Gasteiger partial charge in [0.05, 0.1) is 6.21 Å². The summed E-state index contributed by atoms with van der Waals surface area (Å²) in [5.41, 5.74) is 2.41. The molecular formula is C17H18BrN3O3. The summed E-state index contributed by atoms with van der Waals surface area (Å²) in [5, 5.41) is 3.88. The van der Waals surface area contributed by atoms with Crippen LogP contribution in [-0.2, 0) is 4.79 Å². The van der Waals surface area contributed by atoms with E-state index in [1.54, 1.807) is 12.1 Å². The fourth-order valence-electron chi connectivity index (χ4n) is 2.40. The Bertz CT molecular complexity index is 706. The van der Waals surface area contributed by atoms with Gasteiger partial charge in [-0.3, -0.25) is 4.79 Å². The highest BCUT2D eigenvalue weighted by Gasteiger charge is 2.15. The van der Waals surface area contributed by atoms with Gasteiger partial charge in [0.15, 0.2) is 12.5 Å². The molecule has 126 valence electrons. The van der Waals surface area contributed by atoms with Crippen molar-refractivity contribution >= 4 is 33.9 Å². The van der Waals surface area contributed by atoms with Gasteiger partial charge in [-0.15, -0.1) is 0 Å². The molecule has 0 atom stereocenters. The van der Waals surface area contributed by atoms with Gasteiger partial charge in [0.2, 0.25) is 0 Å². The van der Waals surface area contributed by atoms with E-state index in [9.17, 15) is 4.79 Å². The maximum absolute atomic E-state index is 11.7. The predicted molar refractivity (Wildman–Crippen MR) is 95.5 cm³/mol. The van der Waals surface area contributed by atoms with Crippen LogP contribution in [0.3, 0.4) is 0 Å². The standard InChI is InChI=1S/C17H18BrN3O3/c18-13-3-5-14(6-4-13)23-12-16(22)20-19-11-15-7-8-17(24-15)21-9-1-2-10-21/h3-8,11H,1-2,9-10,12H2,(H,20,22)/b19-11-. The Kier molecular flexibility index (Phi) is 5.53. The fourth-order valence-corrected chi connectivity index (χ4v) is 2.66. The predicted octanol–water partition coefficient (Wildman–Crippen LogP) is 3.17. The second-order valence-electron chi connectivity index (χ2n) is 5.41. The van der Waals surface area contributed by atoms with Gasteiger partial charge in [0.1, 0.15) is 11.5 Å². The Balaban J connectivity index is 1.43. The van der Waals surface area contributed by atoms with E-state index in [-0.39, 0.29) is 12.5 Å². The van der Waals surface area contributed by atoms with Crippen LogP contribution in [0, 0.1) is 0 Å². The lowest BCUT2D eigenvalue weighted by molar-refractivity contribution is -0.123. The second kappa shape index (κ2) is 8.01. The van der Waals surface area contributed by atoms with Gasteiger partial charge in [0, 0.05) is 23.6 Å². The highest BCUT2D eigenvalue weighted by molar-refractivity contribution is 9.10. The quantitative estimate of drug-likeness (QED) is 0.606. The van der Waals surface area contributed by atoms with Gasteiger partial charge in [-0.05, 0) is 43.2 Å². The number of benzene rings is 1. The molecule has 0 radical (unpaired) electrons. The van der Waals surface area contributed by atoms with Crippen LogP contribution in [0.25, 0.3) is 0 Å². The van der Waals surface area contributed by atoms with Crippen molar-refractivity contribution in [3.8, 4) is 5.75 Å². The van der Waals surface area contributed by atoms with Gasteiger partial charge in [-0.25, -0.2) is 5.43 Å². The Labute approximate surface area is 148 Å². The lowest BCUT2D eigenvalue weighted by atomic mass is 10.3. The summed E-state index contributed by atoms with van der Waals surface area (Å²) < 4.78 is 12.0. The summed E-state index contributed by atoms with van der Waals surface area (Å²) in [5.74, 6) is 1.74. The van der Waals surface area contributed by atoms with E-state index in [1.807, 2.05) is 24.3 Å². The minimum Gasteiger partial charge on any atom is -0.484 e. The molecule has 1 amide bonds. The molecule has 1 N–H and O–H groups in total. The lowest BCUT2D eigenvalue weighted by Gasteiger charge is -2.12. The van der Waals surface area contributed by atoms with Crippen LogP contribution in [0.2, 0.25) is 0 Å². The Morgan fingerprint density at radius 2 is 2.00 bits per heavy atom. The van der Waals surface area contributed by atoms with Crippen molar-refractivity contribution in [2.75, 3.05) is 24.6 Å². The van der Waals surface area contributed by atoms with E-state index in [0.717, 1.165) is 23.4 Å². The molecule has 7 heteroatoms. The summed E-state index contributed by atoms with van der Waals surface area (Å²) in [6.07, 6.45) is 3.87. The van der Waals surface area contributed by atoms with Crippen molar-refractivity contribution in [3.05, 3.63) is 46.6 Å². The van der Waals surface area contributed by atoms with Crippen LogP contribution in [-0.4, -0.2) is 31.8 Å². The first-order chi connectivity index (χ1) is 11.7. The van der Waals surface area contributed by atoms with Crippen molar-refractivity contribution in [1.29, 1.82) is 0 Å². The molecule has 1 aliphatic rings. The minimum atomic E-state index is -0.333. The van der Waals surface area contributed by atoms with Gasteiger partial charge in [-0.2, -0.15) is 5.10 Å². The molecule has 2 heterocycles. The topological polar surface area (TPSA) is 67.1 Å². The average Bonchev–Trinajstić information content (AvgIpc) is 3.25. The third-order valence-corrected chi connectivity index (χ3v) is 4.12. The molecule has 0 aliphatic carbocycles. The smallest absolute Gasteiger partial charge is 0.277 e. The highest BCUT2D eigenvalue weighted by Crippen LogP contribution is 2.22. The number of anilines is 1. The van der Waals surface area contributed by atoms with E-state index < -0.39 is 0 Å². The number of hydrogen-bond donors (Lipinski definition) is 1. The lowest BCUT2D eigenvalue weighted by Crippen LogP contribution is -2.24. The number of ether oxygens (including phenoxy) is 1.